The van der Waals surface area contributed by atoms with Gasteiger partial charge in [0, 0.05) is 0 Å². The summed E-state index contributed by atoms with van der Waals surface area (Å²) in [6.07, 6.45) is 9.50. The lowest BCUT2D eigenvalue weighted by atomic mass is 9.71. The molecule has 114 valence electrons. The summed E-state index contributed by atoms with van der Waals surface area (Å²) in [7, 11) is 0. The average molecular weight is 278 g/mol. The largest absolute Gasteiger partial charge is 0.393 e. The van der Waals surface area contributed by atoms with Gasteiger partial charge in [0.25, 0.3) is 0 Å². The van der Waals surface area contributed by atoms with E-state index in [0.29, 0.717) is 0 Å². The van der Waals surface area contributed by atoms with Crippen molar-refractivity contribution < 1.29 is 10.2 Å². The predicted molar refractivity (Wildman–Crippen MR) is 85.5 cm³/mol. The van der Waals surface area contributed by atoms with E-state index in [1.165, 1.54) is 11.1 Å². The van der Waals surface area contributed by atoms with Crippen molar-refractivity contribution in [3.8, 4) is 0 Å². The van der Waals surface area contributed by atoms with Gasteiger partial charge in [-0.2, -0.15) is 0 Å². The van der Waals surface area contributed by atoms with Gasteiger partial charge in [0.1, 0.15) is 0 Å². The number of hydrogen-bond acceptors (Lipinski definition) is 2. The van der Waals surface area contributed by atoms with Crippen molar-refractivity contribution in [1.82, 2.24) is 0 Å². The van der Waals surface area contributed by atoms with Crippen LogP contribution < -0.4 is 0 Å². The lowest BCUT2D eigenvalue weighted by Gasteiger charge is -2.35. The molecule has 2 heteroatoms. The smallest absolute Gasteiger partial charge is 0.0753 e. The van der Waals surface area contributed by atoms with Gasteiger partial charge in [-0.05, 0) is 63.0 Å². The van der Waals surface area contributed by atoms with Crippen LogP contribution in [0.25, 0.3) is 0 Å². The van der Waals surface area contributed by atoms with Gasteiger partial charge in [0.15, 0.2) is 0 Å². The van der Waals surface area contributed by atoms with E-state index in [1.807, 2.05) is 13.8 Å². The van der Waals surface area contributed by atoms with Crippen molar-refractivity contribution in [2.45, 2.75) is 72.5 Å². The maximum Gasteiger partial charge on any atom is 0.0753 e. The minimum Gasteiger partial charge on any atom is -0.393 e. The average Bonchev–Trinajstić information content (AvgIpc) is 2.33. The minimum absolute atomic E-state index is 0.139. The SMILES string of the molecule is CC1=C(/C=C/C(C)=C/CCC(C)O)C(C)(C)CCC1O. The van der Waals surface area contributed by atoms with Crippen molar-refractivity contribution in [3.63, 3.8) is 0 Å². The van der Waals surface area contributed by atoms with Gasteiger partial charge in [-0.25, -0.2) is 0 Å². The molecule has 0 aromatic carbocycles. The Morgan fingerprint density at radius 3 is 2.70 bits per heavy atom. The summed E-state index contributed by atoms with van der Waals surface area (Å²) in [5, 5.41) is 19.3. The highest BCUT2D eigenvalue weighted by atomic mass is 16.3. The molecule has 1 aliphatic rings. The molecule has 0 radical (unpaired) electrons. The highest BCUT2D eigenvalue weighted by molar-refractivity contribution is 5.37. The van der Waals surface area contributed by atoms with E-state index in [1.54, 1.807) is 0 Å². The summed E-state index contributed by atoms with van der Waals surface area (Å²) < 4.78 is 0. The fourth-order valence-corrected chi connectivity index (χ4v) is 2.75. The van der Waals surface area contributed by atoms with Crippen LogP contribution in [0.15, 0.2) is 34.9 Å². The summed E-state index contributed by atoms with van der Waals surface area (Å²) in [5.41, 5.74) is 3.72. The van der Waals surface area contributed by atoms with E-state index in [0.717, 1.165) is 31.3 Å². The fourth-order valence-electron chi connectivity index (χ4n) is 2.75. The van der Waals surface area contributed by atoms with E-state index in [2.05, 4.69) is 39.0 Å². The summed E-state index contributed by atoms with van der Waals surface area (Å²) in [4.78, 5) is 0. The maximum atomic E-state index is 10.0. The van der Waals surface area contributed by atoms with Gasteiger partial charge in [-0.1, -0.05) is 37.6 Å². The Bertz CT molecular complexity index is 411. The zero-order valence-electron chi connectivity index (χ0n) is 13.6. The van der Waals surface area contributed by atoms with Crippen molar-refractivity contribution in [3.05, 3.63) is 34.9 Å². The molecule has 0 bridgehead atoms. The Kier molecular flexibility index (Phi) is 6.22. The van der Waals surface area contributed by atoms with Crippen LogP contribution in [0.1, 0.15) is 60.3 Å². The molecule has 2 nitrogen and oxygen atoms in total. The van der Waals surface area contributed by atoms with Gasteiger partial charge in [-0.15, -0.1) is 0 Å². The summed E-state index contributed by atoms with van der Waals surface area (Å²) >= 11 is 0. The summed E-state index contributed by atoms with van der Waals surface area (Å²) in [6, 6.07) is 0. The number of allylic oxidation sites excluding steroid dienone is 5. The lowest BCUT2D eigenvalue weighted by Crippen LogP contribution is -2.27. The number of rotatable bonds is 5. The molecule has 2 unspecified atom stereocenters. The van der Waals surface area contributed by atoms with Gasteiger partial charge in [0.05, 0.1) is 12.2 Å². The second-order valence-corrected chi connectivity index (χ2v) is 6.74. The highest BCUT2D eigenvalue weighted by Gasteiger charge is 2.30. The van der Waals surface area contributed by atoms with Crippen LogP contribution in [0, 0.1) is 5.41 Å². The Hall–Kier alpha value is -0.860. The third kappa shape index (κ3) is 4.92. The quantitative estimate of drug-likeness (QED) is 0.742. The zero-order chi connectivity index (χ0) is 15.3. The molecule has 2 atom stereocenters. The highest BCUT2D eigenvalue weighted by Crippen LogP contribution is 2.40. The van der Waals surface area contributed by atoms with E-state index in [4.69, 9.17) is 0 Å². The fraction of sp³-hybridized carbons (Fsp3) is 0.667. The molecule has 0 spiro atoms. The van der Waals surface area contributed by atoms with Crippen LogP contribution in [0.2, 0.25) is 0 Å². The first-order chi connectivity index (χ1) is 9.24. The Balaban J connectivity index is 2.79. The van der Waals surface area contributed by atoms with Crippen molar-refractivity contribution >= 4 is 0 Å². The zero-order valence-corrected chi connectivity index (χ0v) is 13.6. The van der Waals surface area contributed by atoms with Crippen LogP contribution in [0.5, 0.6) is 0 Å². The van der Waals surface area contributed by atoms with E-state index < -0.39 is 0 Å². The summed E-state index contributed by atoms with van der Waals surface area (Å²) in [5.74, 6) is 0. The second-order valence-electron chi connectivity index (χ2n) is 6.74. The monoisotopic (exact) mass is 278 g/mol. The van der Waals surface area contributed by atoms with Crippen LogP contribution in [-0.2, 0) is 0 Å². The molecular formula is C18H30O2. The van der Waals surface area contributed by atoms with E-state index >= 15 is 0 Å². The van der Waals surface area contributed by atoms with Gasteiger partial charge in [0.2, 0.25) is 0 Å². The number of aliphatic hydroxyl groups excluding tert-OH is 2. The van der Waals surface area contributed by atoms with Crippen LogP contribution in [0.4, 0.5) is 0 Å². The molecule has 0 amide bonds. The number of aliphatic hydroxyl groups is 2. The molecule has 1 rings (SSSR count). The molecule has 0 saturated carbocycles. The van der Waals surface area contributed by atoms with Crippen LogP contribution in [-0.4, -0.2) is 22.4 Å². The molecular weight excluding hydrogens is 248 g/mol. The molecule has 0 aromatic rings. The first-order valence-electron chi connectivity index (χ1n) is 7.66. The maximum absolute atomic E-state index is 10.0. The molecule has 0 aliphatic heterocycles. The number of hydrogen-bond donors (Lipinski definition) is 2. The van der Waals surface area contributed by atoms with Crippen molar-refractivity contribution in [2.75, 3.05) is 0 Å². The topological polar surface area (TPSA) is 40.5 Å². The van der Waals surface area contributed by atoms with Crippen LogP contribution in [0.3, 0.4) is 0 Å². The lowest BCUT2D eigenvalue weighted by molar-refractivity contribution is 0.163. The summed E-state index contributed by atoms with van der Waals surface area (Å²) in [6.45, 7) is 10.4. The predicted octanol–water partition coefficient (Wildman–Crippen LogP) is 4.15. The van der Waals surface area contributed by atoms with Gasteiger partial charge >= 0.3 is 0 Å². The Morgan fingerprint density at radius 1 is 1.45 bits per heavy atom. The first-order valence-corrected chi connectivity index (χ1v) is 7.66. The molecule has 0 heterocycles. The van der Waals surface area contributed by atoms with Gasteiger partial charge in [-0.3, -0.25) is 0 Å². The van der Waals surface area contributed by atoms with Gasteiger partial charge < -0.3 is 10.2 Å². The van der Waals surface area contributed by atoms with Crippen LogP contribution >= 0.6 is 0 Å². The molecule has 0 aromatic heterocycles. The molecule has 0 saturated heterocycles. The molecule has 1 aliphatic carbocycles. The standard InChI is InChI=1S/C18H30O2/c1-13(7-6-8-14(2)19)9-10-16-15(3)17(20)11-12-18(16,4)5/h7,9-10,14,17,19-20H,6,8,11-12H2,1-5H3/b10-9+,13-7+. The molecule has 0 fully saturated rings. The van der Waals surface area contributed by atoms with E-state index in [9.17, 15) is 10.2 Å². The minimum atomic E-state index is -0.290. The Labute approximate surface area is 123 Å². The van der Waals surface area contributed by atoms with Crippen molar-refractivity contribution in [2.24, 2.45) is 5.41 Å². The third-order valence-electron chi connectivity index (χ3n) is 4.26. The Morgan fingerprint density at radius 2 is 2.10 bits per heavy atom. The second kappa shape index (κ2) is 7.24. The first kappa shape index (κ1) is 17.2. The molecule has 20 heavy (non-hydrogen) atoms. The normalized spacial score (nSPS) is 25.4. The molecule has 2 N–H and O–H groups in total. The van der Waals surface area contributed by atoms with E-state index in [-0.39, 0.29) is 17.6 Å². The third-order valence-corrected chi connectivity index (χ3v) is 4.26. The van der Waals surface area contributed by atoms with Crippen molar-refractivity contribution in [1.29, 1.82) is 0 Å².